The van der Waals surface area contributed by atoms with E-state index in [9.17, 15) is 0 Å². The standard InChI is InChI=1S/C78H44BN3O4/c1-3-21-45(22-4-1)54-43-62-75(77-70(54)50-27-9-17-37-66(50)85-77)79-74-60(81(62)58-33-19-39-68-72(58)52-29-11-15-35-64(52)83-68)41-47(80-56-31-13-7-25-48(56)49-26-8-14-32-57(49)80)42-61(74)82(59-34-20-40-69-73(59)53-30-12-16-36-65(53)84-69)63-44-55(46-23-5-2-6-24-46)71-51-28-10-18-38-67(51)86-78(71)76(63)79/h1-44H. The van der Waals surface area contributed by atoms with Crippen molar-refractivity contribution in [1.82, 2.24) is 4.57 Å². The molecular weight excluding hydrogens is 1050 g/mol. The Kier molecular flexibility index (Phi) is 9.14. The minimum absolute atomic E-state index is 0.467. The maximum Gasteiger partial charge on any atom is 0.261 e. The van der Waals surface area contributed by atoms with Gasteiger partial charge in [0.25, 0.3) is 6.71 Å². The van der Waals surface area contributed by atoms with Crippen molar-refractivity contribution >= 4 is 167 Å². The zero-order chi connectivity index (χ0) is 55.9. The fourth-order valence-corrected chi connectivity index (χ4v) is 15.1. The summed E-state index contributed by atoms with van der Waals surface area (Å²) in [6.45, 7) is -0.467. The van der Waals surface area contributed by atoms with E-state index in [1.165, 1.54) is 10.8 Å². The Morgan fingerprint density at radius 1 is 0.256 bits per heavy atom. The van der Waals surface area contributed by atoms with Gasteiger partial charge in [0, 0.05) is 65.8 Å². The molecule has 0 fully saturated rings. The maximum atomic E-state index is 7.61. The molecule has 0 unspecified atom stereocenters. The van der Waals surface area contributed by atoms with Crippen LogP contribution in [0.1, 0.15) is 0 Å². The van der Waals surface area contributed by atoms with Gasteiger partial charge in [-0.05, 0) is 124 Å². The van der Waals surface area contributed by atoms with Crippen LogP contribution >= 0.6 is 0 Å². The number of rotatable bonds is 5. The van der Waals surface area contributed by atoms with Crippen molar-refractivity contribution in [2.45, 2.75) is 0 Å². The molecule has 8 heteroatoms. The van der Waals surface area contributed by atoms with Gasteiger partial charge in [-0.25, -0.2) is 0 Å². The average molecular weight is 1100 g/mol. The van der Waals surface area contributed by atoms with E-state index in [2.05, 4.69) is 281 Å². The first-order valence-corrected chi connectivity index (χ1v) is 29.3. The van der Waals surface area contributed by atoms with Crippen LogP contribution in [0.25, 0.3) is 138 Å². The number of hydrogen-bond acceptors (Lipinski definition) is 6. The van der Waals surface area contributed by atoms with Crippen LogP contribution in [0.5, 0.6) is 0 Å². The van der Waals surface area contributed by atoms with Crippen molar-refractivity contribution in [3.63, 3.8) is 0 Å². The lowest BCUT2D eigenvalue weighted by Gasteiger charge is -2.45. The summed E-state index contributed by atoms with van der Waals surface area (Å²) in [6, 6.07) is 96.0. The first-order valence-electron chi connectivity index (χ1n) is 29.3. The molecule has 20 rings (SSSR count). The zero-order valence-corrected chi connectivity index (χ0v) is 46.0. The van der Waals surface area contributed by atoms with Crippen LogP contribution in [0.15, 0.2) is 285 Å². The second-order valence-electron chi connectivity index (χ2n) is 22.9. The predicted molar refractivity (Wildman–Crippen MR) is 355 cm³/mol. The molecule has 0 bridgehead atoms. The highest BCUT2D eigenvalue weighted by Crippen LogP contribution is 2.54. The Morgan fingerprint density at radius 3 is 1.05 bits per heavy atom. The van der Waals surface area contributed by atoms with Gasteiger partial charge < -0.3 is 32.0 Å². The number of para-hydroxylation sites is 6. The van der Waals surface area contributed by atoms with Crippen LogP contribution in [0.2, 0.25) is 0 Å². The minimum atomic E-state index is -0.467. The first kappa shape index (κ1) is 46.1. The summed E-state index contributed by atoms with van der Waals surface area (Å²) in [6.07, 6.45) is 0. The summed E-state index contributed by atoms with van der Waals surface area (Å²) in [5, 5.41) is 10.7. The maximum absolute atomic E-state index is 7.61. The van der Waals surface area contributed by atoms with Crippen molar-refractivity contribution < 1.29 is 17.7 Å². The molecular formula is C78H44BN3O4. The Balaban J connectivity index is 1.05. The summed E-state index contributed by atoms with van der Waals surface area (Å²) in [5.41, 5.74) is 23.3. The van der Waals surface area contributed by atoms with Gasteiger partial charge in [0.2, 0.25) is 0 Å². The van der Waals surface area contributed by atoms with Gasteiger partial charge in [-0.3, -0.25) is 0 Å². The molecule has 0 amide bonds. The molecule has 0 radical (unpaired) electrons. The molecule has 86 heavy (non-hydrogen) atoms. The number of fused-ring (bicyclic) bond motifs is 21. The van der Waals surface area contributed by atoms with E-state index in [0.29, 0.717) is 0 Å². The lowest BCUT2D eigenvalue weighted by molar-refractivity contribution is 0.668. The molecule has 0 aliphatic carbocycles. The third kappa shape index (κ3) is 6.10. The van der Waals surface area contributed by atoms with Crippen molar-refractivity contribution in [2.24, 2.45) is 0 Å². The molecule has 0 spiro atoms. The predicted octanol–water partition coefficient (Wildman–Crippen LogP) is 19.8. The Bertz CT molecular complexity index is 5590. The van der Waals surface area contributed by atoms with Gasteiger partial charge in [-0.15, -0.1) is 0 Å². The lowest BCUT2D eigenvalue weighted by Crippen LogP contribution is -2.61. The van der Waals surface area contributed by atoms with Gasteiger partial charge in [0.05, 0.1) is 38.9 Å². The van der Waals surface area contributed by atoms with E-state index >= 15 is 0 Å². The van der Waals surface area contributed by atoms with Crippen molar-refractivity contribution in [2.75, 3.05) is 9.80 Å². The zero-order valence-electron chi connectivity index (χ0n) is 46.0. The highest BCUT2D eigenvalue weighted by atomic mass is 16.3. The molecule has 0 atom stereocenters. The summed E-state index contributed by atoms with van der Waals surface area (Å²) >= 11 is 0. The van der Waals surface area contributed by atoms with Gasteiger partial charge in [-0.1, -0.05) is 182 Å². The highest BCUT2D eigenvalue weighted by molar-refractivity contribution is 7.03. The van der Waals surface area contributed by atoms with Gasteiger partial charge in [0.15, 0.2) is 0 Å². The number of furan rings is 4. The monoisotopic (exact) mass is 1100 g/mol. The Morgan fingerprint density at radius 2 is 0.605 bits per heavy atom. The molecule has 13 aromatic carbocycles. The molecule has 7 nitrogen and oxygen atoms in total. The molecule has 0 saturated heterocycles. The normalized spacial score (nSPS) is 13.0. The first-order chi connectivity index (χ1) is 42.7. The molecule has 18 aromatic rings. The second kappa shape index (κ2) is 17.1. The fraction of sp³-hybridized carbons (Fsp3) is 0. The second-order valence-corrected chi connectivity index (χ2v) is 22.9. The van der Waals surface area contributed by atoms with Crippen LogP contribution in [0.3, 0.4) is 0 Å². The number of nitrogens with zero attached hydrogens (tertiary/aromatic N) is 3. The van der Waals surface area contributed by atoms with E-state index < -0.39 is 6.71 Å². The number of hydrogen-bond donors (Lipinski definition) is 0. The summed E-state index contributed by atoms with van der Waals surface area (Å²) in [4.78, 5) is 5.08. The number of benzene rings is 13. The Hall–Kier alpha value is -11.5. The lowest BCUT2D eigenvalue weighted by atomic mass is 9.33. The van der Waals surface area contributed by atoms with Crippen molar-refractivity contribution in [1.29, 1.82) is 0 Å². The summed E-state index contributed by atoms with van der Waals surface area (Å²) < 4.78 is 31.4. The molecule has 2 aliphatic rings. The van der Waals surface area contributed by atoms with E-state index in [4.69, 9.17) is 17.7 Å². The van der Waals surface area contributed by atoms with E-state index in [1.54, 1.807) is 0 Å². The molecule has 7 heterocycles. The molecule has 0 N–H and O–H groups in total. The van der Waals surface area contributed by atoms with Crippen molar-refractivity contribution in [3.05, 3.63) is 267 Å². The largest absolute Gasteiger partial charge is 0.456 e. The number of anilines is 6. The minimum Gasteiger partial charge on any atom is -0.456 e. The quantitative estimate of drug-likeness (QED) is 0.160. The Labute approximate surface area is 491 Å². The molecule has 0 saturated carbocycles. The van der Waals surface area contributed by atoms with Crippen molar-refractivity contribution in [3.8, 4) is 27.9 Å². The van der Waals surface area contributed by atoms with Crippen LogP contribution in [0, 0.1) is 0 Å². The number of aromatic nitrogens is 1. The van der Waals surface area contributed by atoms with E-state index in [-0.39, 0.29) is 0 Å². The van der Waals surface area contributed by atoms with E-state index in [1.807, 2.05) is 0 Å². The summed E-state index contributed by atoms with van der Waals surface area (Å²) in [7, 11) is 0. The molecule has 398 valence electrons. The van der Waals surface area contributed by atoms with Gasteiger partial charge >= 0.3 is 0 Å². The smallest absolute Gasteiger partial charge is 0.261 e. The average Bonchev–Trinajstić information content (AvgIpc) is 1.05. The SMILES string of the molecule is c1ccc(-c2cc3c(c4oc5ccccc5c24)B2c4c(cc(-n5c6ccccc6c6ccccc65)cc4N(c4cccc5oc6ccccc6c45)c4cc(-c5ccccc5)c5c(oc6ccccc65)c42)N3c2cccc3oc4ccccc4c23)cc1. The highest BCUT2D eigenvalue weighted by Gasteiger charge is 2.49. The topological polar surface area (TPSA) is 64.0 Å². The fourth-order valence-electron chi connectivity index (χ4n) is 15.1. The van der Waals surface area contributed by atoms with Crippen LogP contribution < -0.4 is 26.2 Å². The third-order valence-corrected chi connectivity index (χ3v) is 18.5. The summed E-state index contributed by atoms with van der Waals surface area (Å²) in [5.74, 6) is 0. The van der Waals surface area contributed by atoms with Crippen LogP contribution in [0.4, 0.5) is 34.1 Å². The molecule has 2 aliphatic heterocycles. The third-order valence-electron chi connectivity index (χ3n) is 18.5. The van der Waals surface area contributed by atoms with Gasteiger partial charge in [-0.2, -0.15) is 0 Å². The van der Waals surface area contributed by atoms with Crippen LogP contribution in [-0.4, -0.2) is 11.3 Å². The van der Waals surface area contributed by atoms with Gasteiger partial charge in [0.1, 0.15) is 44.7 Å². The van der Waals surface area contributed by atoms with E-state index in [0.717, 1.165) is 177 Å². The van der Waals surface area contributed by atoms with Crippen LogP contribution in [-0.2, 0) is 0 Å². The molecule has 5 aromatic heterocycles.